The van der Waals surface area contributed by atoms with Crippen molar-refractivity contribution < 1.29 is 4.43 Å². The van der Waals surface area contributed by atoms with Crippen LogP contribution in [0.1, 0.15) is 26.3 Å². The molecule has 0 saturated heterocycles. The summed E-state index contributed by atoms with van der Waals surface area (Å²) in [5, 5.41) is 0.225. The van der Waals surface area contributed by atoms with Gasteiger partial charge in [-0.2, -0.15) is 0 Å². The number of rotatable bonds is 4. The first kappa shape index (κ1) is 17.2. The van der Waals surface area contributed by atoms with Gasteiger partial charge in [-0.25, -0.2) is 0 Å². The van der Waals surface area contributed by atoms with Crippen LogP contribution >= 0.6 is 11.8 Å². The highest BCUT2D eigenvalue weighted by Gasteiger charge is 2.38. The van der Waals surface area contributed by atoms with Gasteiger partial charge in [0.25, 0.3) is 0 Å². The average Bonchev–Trinajstić information content (AvgIpc) is 2.42. The zero-order valence-corrected chi connectivity index (χ0v) is 16.3. The highest BCUT2D eigenvalue weighted by atomic mass is 32.2. The Kier molecular flexibility index (Phi) is 5.08. The van der Waals surface area contributed by atoms with E-state index in [1.807, 2.05) is 0 Å². The third kappa shape index (κ3) is 4.40. The van der Waals surface area contributed by atoms with Crippen molar-refractivity contribution in [1.29, 1.82) is 0 Å². The molecule has 0 amide bonds. The first-order valence-electron chi connectivity index (χ1n) is 7.71. The van der Waals surface area contributed by atoms with Gasteiger partial charge >= 0.3 is 0 Å². The molecule has 0 unspecified atom stereocenters. The van der Waals surface area contributed by atoms with E-state index in [0.717, 1.165) is 5.75 Å². The maximum atomic E-state index is 6.32. The van der Waals surface area contributed by atoms with Gasteiger partial charge in [-0.3, -0.25) is 0 Å². The molecule has 0 aliphatic carbocycles. The minimum atomic E-state index is -1.75. The van der Waals surface area contributed by atoms with Gasteiger partial charge in [0.15, 0.2) is 0 Å². The predicted octanol–water partition coefficient (Wildman–Crippen LogP) is 6.53. The van der Waals surface area contributed by atoms with Gasteiger partial charge in [-0.1, -0.05) is 50.2 Å². The summed E-state index contributed by atoms with van der Waals surface area (Å²) in [5.41, 5.74) is 1.29. The van der Waals surface area contributed by atoms with E-state index >= 15 is 0 Å². The van der Waals surface area contributed by atoms with Crippen molar-refractivity contribution in [1.82, 2.24) is 0 Å². The van der Waals surface area contributed by atoms with Crippen molar-refractivity contribution in [3.8, 4) is 5.75 Å². The van der Waals surface area contributed by atoms with E-state index in [2.05, 4.69) is 89.3 Å². The highest BCUT2D eigenvalue weighted by Crippen LogP contribution is 2.38. The molecule has 0 N–H and O–H groups in total. The van der Waals surface area contributed by atoms with Crippen molar-refractivity contribution in [2.24, 2.45) is 0 Å². The van der Waals surface area contributed by atoms with Gasteiger partial charge in [0.2, 0.25) is 8.32 Å². The minimum absolute atomic E-state index is 0.225. The van der Waals surface area contributed by atoms with Crippen LogP contribution in [0.3, 0.4) is 0 Å². The summed E-state index contributed by atoms with van der Waals surface area (Å²) in [7, 11) is -1.75. The SMILES string of the molecule is Cc1ccc(Sc2ccc(O[Si](C)(C)C(C)(C)C)cc2)cc1. The maximum Gasteiger partial charge on any atom is 0.250 e. The van der Waals surface area contributed by atoms with Crippen LogP contribution in [0.15, 0.2) is 58.3 Å². The lowest BCUT2D eigenvalue weighted by molar-refractivity contribution is 0.492. The van der Waals surface area contributed by atoms with Gasteiger partial charge in [0.1, 0.15) is 5.75 Å². The fourth-order valence-electron chi connectivity index (χ4n) is 1.77. The molecule has 2 aromatic rings. The van der Waals surface area contributed by atoms with Crippen LogP contribution < -0.4 is 4.43 Å². The first-order chi connectivity index (χ1) is 10.2. The summed E-state index contributed by atoms with van der Waals surface area (Å²) in [4.78, 5) is 2.51. The lowest BCUT2D eigenvalue weighted by Gasteiger charge is -2.36. The molecule has 3 heteroatoms. The number of aryl methyl sites for hydroxylation is 1. The molecule has 0 aliphatic rings. The molecule has 0 radical (unpaired) electrons. The van der Waals surface area contributed by atoms with Gasteiger partial charge < -0.3 is 4.43 Å². The van der Waals surface area contributed by atoms with Crippen LogP contribution in [0.4, 0.5) is 0 Å². The van der Waals surface area contributed by atoms with E-state index in [0.29, 0.717) is 0 Å². The molecule has 0 bridgehead atoms. The largest absolute Gasteiger partial charge is 0.544 e. The van der Waals surface area contributed by atoms with Gasteiger partial charge in [-0.15, -0.1) is 0 Å². The van der Waals surface area contributed by atoms with E-state index < -0.39 is 8.32 Å². The Morgan fingerprint density at radius 3 is 1.73 bits per heavy atom. The van der Waals surface area contributed by atoms with Crippen LogP contribution in [0.2, 0.25) is 18.1 Å². The Morgan fingerprint density at radius 2 is 1.27 bits per heavy atom. The Bertz CT molecular complexity index is 609. The normalized spacial score (nSPS) is 12.3. The zero-order chi connectivity index (χ0) is 16.4. The van der Waals surface area contributed by atoms with Crippen LogP contribution in [-0.2, 0) is 0 Å². The molecule has 118 valence electrons. The Hall–Kier alpha value is -1.19. The minimum Gasteiger partial charge on any atom is -0.544 e. The monoisotopic (exact) mass is 330 g/mol. The molecule has 0 heterocycles. The summed E-state index contributed by atoms with van der Waals surface area (Å²) < 4.78 is 6.32. The van der Waals surface area contributed by atoms with Gasteiger partial charge in [0, 0.05) is 9.79 Å². The van der Waals surface area contributed by atoms with Crippen molar-refractivity contribution in [3.63, 3.8) is 0 Å². The number of hydrogen-bond acceptors (Lipinski definition) is 2. The summed E-state index contributed by atoms with van der Waals surface area (Å²) in [5.74, 6) is 0.986. The molecule has 0 aliphatic heterocycles. The van der Waals surface area contributed by atoms with Crippen molar-refractivity contribution in [2.75, 3.05) is 0 Å². The van der Waals surface area contributed by atoms with Crippen LogP contribution in [-0.4, -0.2) is 8.32 Å². The molecule has 0 aromatic heterocycles. The molecule has 0 saturated carbocycles. The molecule has 22 heavy (non-hydrogen) atoms. The van der Waals surface area contributed by atoms with E-state index in [4.69, 9.17) is 4.43 Å². The maximum absolute atomic E-state index is 6.32. The van der Waals surface area contributed by atoms with E-state index in [9.17, 15) is 0 Å². The Labute approximate surface area is 140 Å². The third-order valence-electron chi connectivity index (χ3n) is 4.26. The fraction of sp³-hybridized carbons (Fsp3) is 0.368. The Balaban J connectivity index is 2.06. The second kappa shape index (κ2) is 6.51. The highest BCUT2D eigenvalue weighted by molar-refractivity contribution is 7.99. The van der Waals surface area contributed by atoms with E-state index in [-0.39, 0.29) is 5.04 Å². The Morgan fingerprint density at radius 1 is 0.818 bits per heavy atom. The van der Waals surface area contributed by atoms with E-state index in [1.54, 1.807) is 11.8 Å². The molecule has 2 rings (SSSR count). The van der Waals surface area contributed by atoms with Crippen molar-refractivity contribution >= 4 is 20.1 Å². The predicted molar refractivity (Wildman–Crippen MR) is 99.6 cm³/mol. The van der Waals surface area contributed by atoms with Gasteiger partial charge in [-0.05, 0) is 61.5 Å². The number of hydrogen-bond donors (Lipinski definition) is 0. The molecule has 0 fully saturated rings. The van der Waals surface area contributed by atoms with Crippen molar-refractivity contribution in [2.45, 2.75) is 55.6 Å². The summed E-state index contributed by atoms with van der Waals surface area (Å²) in [6.07, 6.45) is 0. The molecule has 1 nitrogen and oxygen atoms in total. The second-order valence-corrected chi connectivity index (χ2v) is 13.1. The molecule has 2 aromatic carbocycles. The van der Waals surface area contributed by atoms with Crippen LogP contribution in [0.5, 0.6) is 5.75 Å². The first-order valence-corrected chi connectivity index (χ1v) is 11.4. The van der Waals surface area contributed by atoms with Gasteiger partial charge in [0.05, 0.1) is 0 Å². The van der Waals surface area contributed by atoms with Crippen LogP contribution in [0.25, 0.3) is 0 Å². The molecule has 0 atom stereocenters. The molecular weight excluding hydrogens is 304 g/mol. The van der Waals surface area contributed by atoms with Crippen molar-refractivity contribution in [3.05, 3.63) is 54.1 Å². The lowest BCUT2D eigenvalue weighted by atomic mass is 10.2. The standard InChI is InChI=1S/C19H26OSSi/c1-15-7-11-17(12-8-15)21-18-13-9-16(10-14-18)20-22(5,6)19(2,3)4/h7-14H,1-6H3. The second-order valence-electron chi connectivity index (χ2n) is 7.25. The molecular formula is C19H26OSSi. The average molecular weight is 331 g/mol. The quantitative estimate of drug-likeness (QED) is 0.589. The lowest BCUT2D eigenvalue weighted by Crippen LogP contribution is -2.43. The number of benzene rings is 2. The smallest absolute Gasteiger partial charge is 0.250 e. The van der Waals surface area contributed by atoms with Crippen LogP contribution in [0, 0.1) is 6.92 Å². The topological polar surface area (TPSA) is 9.23 Å². The summed E-state index contributed by atoms with van der Waals surface area (Å²) >= 11 is 1.78. The third-order valence-corrected chi connectivity index (χ3v) is 9.63. The molecule has 0 spiro atoms. The zero-order valence-electron chi connectivity index (χ0n) is 14.4. The fourth-order valence-corrected chi connectivity index (χ4v) is 3.61. The van der Waals surface area contributed by atoms with E-state index in [1.165, 1.54) is 15.4 Å². The summed E-state index contributed by atoms with van der Waals surface area (Å²) in [6, 6.07) is 17.1. The summed E-state index contributed by atoms with van der Waals surface area (Å²) in [6.45, 7) is 13.5.